The molecule has 0 aromatic heterocycles. The zero-order valence-corrected chi connectivity index (χ0v) is 12.9. The monoisotopic (exact) mass is 564 g/mol. The topological polar surface area (TPSA) is 59.5 Å². The summed E-state index contributed by atoms with van der Waals surface area (Å²) >= 11 is 5.30. The SMILES string of the molecule is NC1CCCCC1.[I][Pt][I].[NH2-]. The largest absolute Gasteiger partial charge is 0.693 e. The van der Waals surface area contributed by atoms with Crippen LogP contribution in [-0.2, 0) is 11.2 Å². The first-order valence-electron chi connectivity index (χ1n) is 3.39. The Labute approximate surface area is 98.6 Å². The van der Waals surface area contributed by atoms with Crippen LogP contribution in [0.25, 0.3) is 6.15 Å². The quantitative estimate of drug-likeness (QED) is 0.448. The number of hydrogen-bond donors (Lipinski definition) is 1. The summed E-state index contributed by atoms with van der Waals surface area (Å²) in [6.45, 7) is 0. The normalized spacial score (nSPS) is 18.1. The van der Waals surface area contributed by atoms with Gasteiger partial charge in [-0.1, -0.05) is 19.3 Å². The maximum atomic E-state index is 5.63. The zero-order valence-electron chi connectivity index (χ0n) is 6.34. The molecule has 1 fully saturated rings. The van der Waals surface area contributed by atoms with Crippen molar-refractivity contribution in [3.63, 3.8) is 0 Å². The standard InChI is InChI=1S/C6H13N.2HI.H2N.Pt/c7-6-4-2-1-3-5-6;;;;/h6H,1-5,7H2;2*1H;1H2;/q;;;-1;+2/p-2. The van der Waals surface area contributed by atoms with Crippen molar-refractivity contribution in [1.29, 1.82) is 0 Å². The fourth-order valence-electron chi connectivity index (χ4n) is 1.13. The first kappa shape index (κ1) is 15.5. The summed E-state index contributed by atoms with van der Waals surface area (Å²) in [6.07, 6.45) is 6.66. The summed E-state index contributed by atoms with van der Waals surface area (Å²) in [7, 11) is 0. The molecule has 2 nitrogen and oxygen atoms in total. The third-order valence-corrected chi connectivity index (χ3v) is 1.65. The van der Waals surface area contributed by atoms with E-state index in [1.54, 1.807) is 0 Å². The average Bonchev–Trinajstić information content (AvgIpc) is 1.91. The molecule has 0 aromatic rings. The summed E-state index contributed by atoms with van der Waals surface area (Å²) in [4.78, 5) is 0. The second-order valence-electron chi connectivity index (χ2n) is 2.44. The van der Waals surface area contributed by atoms with Gasteiger partial charge in [-0.15, -0.1) is 0 Å². The van der Waals surface area contributed by atoms with Gasteiger partial charge in [0.05, 0.1) is 0 Å². The van der Waals surface area contributed by atoms with E-state index in [-0.39, 0.29) is 6.15 Å². The summed E-state index contributed by atoms with van der Waals surface area (Å²) < 4.78 is 0. The van der Waals surface area contributed by atoms with E-state index in [1.165, 1.54) is 32.1 Å². The van der Waals surface area contributed by atoms with Crippen molar-refractivity contribution in [1.82, 2.24) is 0 Å². The minimum Gasteiger partial charge on any atom is -0.693 e. The molecule has 0 saturated heterocycles. The third kappa shape index (κ3) is 12.1. The molecule has 5 heteroatoms. The van der Waals surface area contributed by atoms with Crippen molar-refractivity contribution in [2.24, 2.45) is 5.73 Å². The van der Waals surface area contributed by atoms with Crippen LogP contribution in [0.15, 0.2) is 0 Å². The number of rotatable bonds is 0. The summed E-state index contributed by atoms with van der Waals surface area (Å²) in [6, 6.07) is 0.536. The van der Waals surface area contributed by atoms with Crippen LogP contribution in [0.2, 0.25) is 0 Å². The van der Waals surface area contributed by atoms with Gasteiger partial charge >= 0.3 is 49.9 Å². The van der Waals surface area contributed by atoms with Crippen molar-refractivity contribution < 1.29 is 11.2 Å². The van der Waals surface area contributed by atoms with Crippen LogP contribution in [0.3, 0.4) is 0 Å². The van der Waals surface area contributed by atoms with E-state index in [4.69, 9.17) is 5.73 Å². The smallest absolute Gasteiger partial charge is 0.693 e. The predicted octanol–water partition coefficient (Wildman–Crippen LogP) is 3.76. The first-order chi connectivity index (χ1) is 4.81. The van der Waals surface area contributed by atoms with Gasteiger partial charge in [-0.3, -0.25) is 0 Å². The van der Waals surface area contributed by atoms with Gasteiger partial charge in [0, 0.05) is 6.04 Å². The molecule has 1 saturated carbocycles. The number of hydrogen-bond acceptors (Lipinski definition) is 1. The molecule has 4 N–H and O–H groups in total. The van der Waals surface area contributed by atoms with Crippen molar-refractivity contribution in [2.45, 2.75) is 38.1 Å². The average molecular weight is 564 g/mol. The van der Waals surface area contributed by atoms with Crippen molar-refractivity contribution >= 4 is 38.7 Å². The Hall–Kier alpha value is 2.07. The molecule has 0 spiro atoms. The van der Waals surface area contributed by atoms with Crippen LogP contribution in [0.5, 0.6) is 0 Å². The van der Waals surface area contributed by atoms with Gasteiger partial charge in [0.2, 0.25) is 0 Å². The summed E-state index contributed by atoms with van der Waals surface area (Å²) in [5, 5.41) is 0. The van der Waals surface area contributed by atoms with E-state index in [9.17, 15) is 0 Å². The molecule has 0 heterocycles. The van der Waals surface area contributed by atoms with Crippen LogP contribution >= 0.6 is 38.7 Å². The third-order valence-electron chi connectivity index (χ3n) is 1.65. The molecular formula is C6H15I2N2Pt-. The molecule has 0 unspecified atom stereocenters. The van der Waals surface area contributed by atoms with Gasteiger partial charge in [-0.2, -0.15) is 0 Å². The van der Waals surface area contributed by atoms with E-state index in [0.29, 0.717) is 17.2 Å². The van der Waals surface area contributed by atoms with Gasteiger partial charge in [0.25, 0.3) is 0 Å². The Morgan fingerprint density at radius 1 is 1.09 bits per heavy atom. The number of nitrogens with two attached hydrogens (primary N) is 2. The zero-order chi connectivity index (χ0) is 7.82. The van der Waals surface area contributed by atoms with Crippen LogP contribution in [-0.4, -0.2) is 6.04 Å². The van der Waals surface area contributed by atoms with Gasteiger partial charge < -0.3 is 11.9 Å². The molecule has 74 valence electrons. The van der Waals surface area contributed by atoms with Crippen LogP contribution in [0.4, 0.5) is 0 Å². The van der Waals surface area contributed by atoms with E-state index >= 15 is 0 Å². The molecule has 1 aliphatic carbocycles. The van der Waals surface area contributed by atoms with Gasteiger partial charge in [-0.05, 0) is 12.8 Å². The van der Waals surface area contributed by atoms with Crippen molar-refractivity contribution in [3.8, 4) is 0 Å². The Morgan fingerprint density at radius 2 is 1.45 bits per heavy atom. The Kier molecular flexibility index (Phi) is 17.0. The molecule has 0 radical (unpaired) electrons. The van der Waals surface area contributed by atoms with E-state index in [1.807, 2.05) is 0 Å². The van der Waals surface area contributed by atoms with E-state index < -0.39 is 0 Å². The molecular weight excluding hydrogens is 549 g/mol. The fourth-order valence-corrected chi connectivity index (χ4v) is 1.13. The van der Waals surface area contributed by atoms with Gasteiger partial charge in [-0.25, -0.2) is 0 Å². The molecule has 0 aromatic carbocycles. The Morgan fingerprint density at radius 3 is 1.64 bits per heavy atom. The Balaban J connectivity index is 0. The molecule has 11 heavy (non-hydrogen) atoms. The van der Waals surface area contributed by atoms with Crippen LogP contribution in [0, 0.1) is 0 Å². The molecule has 0 atom stereocenters. The minimum atomic E-state index is 0. The second kappa shape index (κ2) is 12.1. The van der Waals surface area contributed by atoms with E-state index in [0.717, 1.165) is 0 Å². The minimum absolute atomic E-state index is 0. The van der Waals surface area contributed by atoms with Crippen LogP contribution < -0.4 is 5.73 Å². The number of halogens is 2. The first-order valence-corrected chi connectivity index (χ1v) is 16.3. The maximum absolute atomic E-state index is 5.63. The molecule has 1 aliphatic rings. The van der Waals surface area contributed by atoms with Gasteiger partial charge in [0.1, 0.15) is 0 Å². The second-order valence-corrected chi connectivity index (χ2v) is 19.0. The van der Waals surface area contributed by atoms with Crippen LogP contribution in [0.1, 0.15) is 32.1 Å². The Bertz CT molecular complexity index is 69.6. The van der Waals surface area contributed by atoms with Crippen molar-refractivity contribution in [2.75, 3.05) is 0 Å². The van der Waals surface area contributed by atoms with E-state index in [2.05, 4.69) is 38.7 Å². The van der Waals surface area contributed by atoms with Crippen molar-refractivity contribution in [3.05, 3.63) is 6.15 Å². The summed E-state index contributed by atoms with van der Waals surface area (Å²) in [5.41, 5.74) is 5.63. The molecule has 0 aliphatic heterocycles. The molecule has 0 amide bonds. The summed E-state index contributed by atoms with van der Waals surface area (Å²) in [5.74, 6) is 0. The fraction of sp³-hybridized carbons (Fsp3) is 1.00. The van der Waals surface area contributed by atoms with Gasteiger partial charge in [0.15, 0.2) is 0 Å². The predicted molar refractivity (Wildman–Crippen MR) is 64.4 cm³/mol. The molecule has 0 bridgehead atoms. The molecule has 1 rings (SSSR count). The maximum Gasteiger partial charge on any atom is -0.693 e.